The molecule has 2 amide bonds. The van der Waals surface area contributed by atoms with Gasteiger partial charge in [0.25, 0.3) is 11.8 Å². The van der Waals surface area contributed by atoms with Gasteiger partial charge in [-0.25, -0.2) is 4.41 Å². The summed E-state index contributed by atoms with van der Waals surface area (Å²) in [5, 5.41) is 4.32. The highest BCUT2D eigenvalue weighted by Gasteiger charge is 2.39. The van der Waals surface area contributed by atoms with Crippen molar-refractivity contribution in [3.8, 4) is 0 Å². The van der Waals surface area contributed by atoms with Crippen LogP contribution in [-0.2, 0) is 9.59 Å². The second-order valence-corrected chi connectivity index (χ2v) is 7.18. The van der Waals surface area contributed by atoms with Gasteiger partial charge in [-0.2, -0.15) is 5.10 Å². The summed E-state index contributed by atoms with van der Waals surface area (Å²) in [5.74, 6) is -1.29. The average Bonchev–Trinajstić information content (AvgIpc) is 2.61. The smallest absolute Gasteiger partial charge is 0.251 e. The molecule has 2 aliphatic heterocycles. The lowest BCUT2D eigenvalue weighted by molar-refractivity contribution is -0.140. The van der Waals surface area contributed by atoms with Gasteiger partial charge in [-0.15, -0.1) is 0 Å². The predicted octanol–water partition coefficient (Wildman–Crippen LogP) is 2.86. The molecule has 8 heteroatoms. The number of hydrogen-bond donors (Lipinski definition) is 0. The number of carbonyl (C=O) groups is 2. The van der Waals surface area contributed by atoms with Gasteiger partial charge in [0.2, 0.25) is 0 Å². The molecule has 6 nitrogen and oxygen atoms in total. The summed E-state index contributed by atoms with van der Waals surface area (Å²) in [6.45, 7) is 4.87. The Hall–Kier alpha value is -1.93. The third-order valence-electron chi connectivity index (χ3n) is 3.62. The SMILES string of the molecule is CCN1SN(CC)C(=O)C(C=NN2C=Cc3ccccc3S2)C1=O. The third kappa shape index (κ3) is 3.29. The third-order valence-corrected chi connectivity index (χ3v) is 5.86. The molecule has 1 fully saturated rings. The van der Waals surface area contributed by atoms with E-state index in [9.17, 15) is 9.59 Å². The summed E-state index contributed by atoms with van der Waals surface area (Å²) in [4.78, 5) is 25.9. The van der Waals surface area contributed by atoms with Gasteiger partial charge >= 0.3 is 0 Å². The molecule has 1 saturated heterocycles. The highest BCUT2D eigenvalue weighted by atomic mass is 32.2. The van der Waals surface area contributed by atoms with Crippen LogP contribution in [0.25, 0.3) is 6.08 Å². The van der Waals surface area contributed by atoms with Crippen LogP contribution in [0.1, 0.15) is 19.4 Å². The van der Waals surface area contributed by atoms with E-state index in [1.54, 1.807) is 13.0 Å². The Morgan fingerprint density at radius 3 is 2.46 bits per heavy atom. The highest BCUT2D eigenvalue weighted by molar-refractivity contribution is 7.97. The maximum absolute atomic E-state index is 12.4. The summed E-state index contributed by atoms with van der Waals surface area (Å²) >= 11 is 2.63. The van der Waals surface area contributed by atoms with Gasteiger partial charge < -0.3 is 0 Å². The fourth-order valence-corrected chi connectivity index (χ4v) is 4.00. The van der Waals surface area contributed by atoms with E-state index in [1.807, 2.05) is 50.4 Å². The fraction of sp³-hybridized carbons (Fsp3) is 0.312. The van der Waals surface area contributed by atoms with Crippen LogP contribution in [0.2, 0.25) is 0 Å². The standard InChI is InChI=1S/C16H18N4O2S2/c1-3-18-15(21)13(16(22)19(4-2)24-18)11-17-20-10-9-12-7-5-6-8-14(12)23-20/h5-11,13H,3-4H2,1-2H3. The van der Waals surface area contributed by atoms with Gasteiger partial charge in [0.05, 0.1) is 12.1 Å². The second-order valence-electron chi connectivity index (χ2n) is 5.14. The van der Waals surface area contributed by atoms with Crippen LogP contribution >= 0.6 is 24.1 Å². The molecule has 0 radical (unpaired) electrons. The predicted molar refractivity (Wildman–Crippen MR) is 97.5 cm³/mol. The van der Waals surface area contributed by atoms with E-state index in [-0.39, 0.29) is 11.8 Å². The lowest BCUT2D eigenvalue weighted by Gasteiger charge is -2.34. The van der Waals surface area contributed by atoms with Crippen molar-refractivity contribution in [1.29, 1.82) is 0 Å². The summed E-state index contributed by atoms with van der Waals surface area (Å²) in [5.41, 5.74) is 1.13. The van der Waals surface area contributed by atoms with Gasteiger partial charge in [0.1, 0.15) is 0 Å². The molecule has 0 bridgehead atoms. The van der Waals surface area contributed by atoms with E-state index in [2.05, 4.69) is 5.10 Å². The van der Waals surface area contributed by atoms with Crippen molar-refractivity contribution in [3.63, 3.8) is 0 Å². The molecule has 3 rings (SSSR count). The fourth-order valence-electron chi connectivity index (χ4n) is 2.34. The maximum Gasteiger partial charge on any atom is 0.251 e. The molecule has 2 heterocycles. The first-order valence-corrected chi connectivity index (χ1v) is 9.23. The van der Waals surface area contributed by atoms with Crippen molar-refractivity contribution < 1.29 is 9.59 Å². The molecular formula is C16H18N4O2S2. The van der Waals surface area contributed by atoms with Crippen molar-refractivity contribution in [2.75, 3.05) is 13.1 Å². The molecule has 0 N–H and O–H groups in total. The van der Waals surface area contributed by atoms with Crippen molar-refractivity contribution in [1.82, 2.24) is 13.0 Å². The Labute approximate surface area is 149 Å². The summed E-state index contributed by atoms with van der Waals surface area (Å²) in [6, 6.07) is 8.00. The van der Waals surface area contributed by atoms with Crippen LogP contribution in [0.5, 0.6) is 0 Å². The molecule has 0 aliphatic carbocycles. The number of nitrogens with zero attached hydrogens (tertiary/aromatic N) is 4. The number of rotatable bonds is 4. The molecule has 24 heavy (non-hydrogen) atoms. The van der Waals surface area contributed by atoms with Gasteiger partial charge in [-0.1, -0.05) is 18.2 Å². The lowest BCUT2D eigenvalue weighted by Crippen LogP contribution is -2.49. The van der Waals surface area contributed by atoms with Crippen molar-refractivity contribution in [2.45, 2.75) is 18.7 Å². The van der Waals surface area contributed by atoms with E-state index in [0.717, 1.165) is 10.5 Å². The largest absolute Gasteiger partial charge is 0.273 e. The van der Waals surface area contributed by atoms with Gasteiger partial charge in [0.15, 0.2) is 5.92 Å². The second kappa shape index (κ2) is 7.31. The Bertz CT molecular complexity index is 685. The van der Waals surface area contributed by atoms with Gasteiger partial charge in [0, 0.05) is 42.3 Å². The molecule has 0 atom stereocenters. The quantitative estimate of drug-likeness (QED) is 0.468. The van der Waals surface area contributed by atoms with Gasteiger partial charge in [-0.3, -0.25) is 18.2 Å². The Kier molecular flexibility index (Phi) is 5.15. The normalized spacial score (nSPS) is 18.7. The van der Waals surface area contributed by atoms with Gasteiger partial charge in [-0.05, 0) is 31.6 Å². The molecule has 0 unspecified atom stereocenters. The summed E-state index contributed by atoms with van der Waals surface area (Å²) in [7, 11) is 0. The van der Waals surface area contributed by atoms with Crippen LogP contribution < -0.4 is 0 Å². The van der Waals surface area contributed by atoms with Crippen LogP contribution in [0.3, 0.4) is 0 Å². The van der Waals surface area contributed by atoms with Crippen LogP contribution in [-0.4, -0.2) is 44.1 Å². The molecule has 2 aliphatic rings. The number of amides is 2. The molecular weight excluding hydrogens is 344 g/mol. The van der Waals surface area contributed by atoms with Crippen molar-refractivity contribution >= 4 is 48.2 Å². The first-order valence-electron chi connectivity index (χ1n) is 7.73. The monoisotopic (exact) mass is 362 g/mol. The molecule has 1 aromatic carbocycles. The number of fused-ring (bicyclic) bond motifs is 1. The summed E-state index contributed by atoms with van der Waals surface area (Å²) in [6.07, 6.45) is 5.23. The van der Waals surface area contributed by atoms with E-state index < -0.39 is 5.92 Å². The average molecular weight is 362 g/mol. The van der Waals surface area contributed by atoms with Crippen molar-refractivity contribution in [2.24, 2.45) is 11.0 Å². The van der Waals surface area contributed by atoms with E-state index >= 15 is 0 Å². The number of hydrogen-bond acceptors (Lipinski definition) is 6. The maximum atomic E-state index is 12.4. The zero-order valence-electron chi connectivity index (χ0n) is 13.5. The Morgan fingerprint density at radius 1 is 1.12 bits per heavy atom. The van der Waals surface area contributed by atoms with Crippen LogP contribution in [0.15, 0.2) is 40.5 Å². The number of hydrazone groups is 1. The van der Waals surface area contributed by atoms with Crippen molar-refractivity contribution in [3.05, 3.63) is 36.0 Å². The van der Waals surface area contributed by atoms with E-state index in [0.29, 0.717) is 13.1 Å². The molecule has 1 aromatic rings. The van der Waals surface area contributed by atoms with Crippen LogP contribution in [0, 0.1) is 5.92 Å². The minimum absolute atomic E-state index is 0.215. The highest BCUT2D eigenvalue weighted by Crippen LogP contribution is 2.32. The summed E-state index contributed by atoms with van der Waals surface area (Å²) < 4.78 is 4.85. The molecule has 0 spiro atoms. The minimum atomic E-state index is -0.864. The Morgan fingerprint density at radius 2 is 1.79 bits per heavy atom. The van der Waals surface area contributed by atoms with E-state index in [4.69, 9.17) is 0 Å². The minimum Gasteiger partial charge on any atom is -0.273 e. The lowest BCUT2D eigenvalue weighted by atomic mass is 10.1. The zero-order chi connectivity index (χ0) is 17.1. The Balaban J connectivity index is 1.75. The van der Waals surface area contributed by atoms with E-state index in [1.165, 1.54) is 30.3 Å². The first kappa shape index (κ1) is 16.9. The number of benzene rings is 1. The molecule has 0 aromatic heterocycles. The molecule has 126 valence electrons. The number of carbonyl (C=O) groups excluding carboxylic acids is 2. The van der Waals surface area contributed by atoms with Crippen LogP contribution in [0.4, 0.5) is 0 Å². The molecule has 0 saturated carbocycles. The topological polar surface area (TPSA) is 56.2 Å². The first-order chi connectivity index (χ1) is 11.6. The zero-order valence-corrected chi connectivity index (χ0v) is 15.1.